The van der Waals surface area contributed by atoms with Crippen LogP contribution < -0.4 is 14.8 Å². The molecule has 1 aromatic carbocycles. The zero-order valence-corrected chi connectivity index (χ0v) is 16.7. The fourth-order valence-corrected chi connectivity index (χ4v) is 4.05. The largest absolute Gasteiger partial charge is 0.493 e. The molecule has 1 atom stereocenters. The third-order valence-corrected chi connectivity index (χ3v) is 5.33. The van der Waals surface area contributed by atoms with E-state index in [-0.39, 0.29) is 6.04 Å². The second kappa shape index (κ2) is 8.20. The van der Waals surface area contributed by atoms with Gasteiger partial charge >= 0.3 is 0 Å². The van der Waals surface area contributed by atoms with Crippen LogP contribution in [0.25, 0.3) is 5.82 Å². The SMILES string of the molecule is COc1cc(Cl)cc(CN[C@@H]2CCCc3c2cnn3-c2ccccn2)c1OC. The first-order valence-electron chi connectivity index (χ1n) is 9.33. The van der Waals surface area contributed by atoms with Gasteiger partial charge in [0.25, 0.3) is 0 Å². The van der Waals surface area contributed by atoms with Gasteiger partial charge in [-0.15, -0.1) is 0 Å². The zero-order chi connectivity index (χ0) is 19.5. The van der Waals surface area contributed by atoms with Crippen LogP contribution >= 0.6 is 11.6 Å². The van der Waals surface area contributed by atoms with Crippen LogP contribution in [0.4, 0.5) is 0 Å². The van der Waals surface area contributed by atoms with Gasteiger partial charge in [-0.2, -0.15) is 5.10 Å². The first-order valence-corrected chi connectivity index (χ1v) is 9.71. The van der Waals surface area contributed by atoms with Crippen molar-refractivity contribution >= 4 is 11.6 Å². The van der Waals surface area contributed by atoms with Gasteiger partial charge in [-0.1, -0.05) is 17.7 Å². The number of methoxy groups -OCH3 is 2. The lowest BCUT2D eigenvalue weighted by Crippen LogP contribution is -2.25. The first kappa shape index (κ1) is 18.8. The summed E-state index contributed by atoms with van der Waals surface area (Å²) < 4.78 is 12.9. The number of hydrogen-bond acceptors (Lipinski definition) is 5. The Morgan fingerprint density at radius 1 is 1.25 bits per heavy atom. The van der Waals surface area contributed by atoms with Gasteiger partial charge in [0.15, 0.2) is 17.3 Å². The van der Waals surface area contributed by atoms with Crippen molar-refractivity contribution in [2.24, 2.45) is 0 Å². The minimum absolute atomic E-state index is 0.218. The highest BCUT2D eigenvalue weighted by atomic mass is 35.5. The van der Waals surface area contributed by atoms with E-state index in [1.807, 2.05) is 35.1 Å². The van der Waals surface area contributed by atoms with E-state index in [0.29, 0.717) is 23.1 Å². The molecule has 0 fully saturated rings. The van der Waals surface area contributed by atoms with Crippen LogP contribution in [-0.4, -0.2) is 29.0 Å². The number of ether oxygens (including phenoxy) is 2. The summed E-state index contributed by atoms with van der Waals surface area (Å²) in [6.07, 6.45) is 6.90. The number of nitrogens with one attached hydrogen (secondary N) is 1. The number of pyridine rings is 1. The molecule has 1 aliphatic carbocycles. The topological polar surface area (TPSA) is 61.2 Å². The van der Waals surface area contributed by atoms with Gasteiger partial charge in [0, 0.05) is 41.0 Å². The van der Waals surface area contributed by atoms with Crippen molar-refractivity contribution in [2.75, 3.05) is 14.2 Å². The standard InChI is InChI=1S/C21H23ClN4O2/c1-27-19-11-15(22)10-14(21(19)28-2)12-24-17-6-5-7-18-16(17)13-25-26(18)20-8-3-4-9-23-20/h3-4,8-11,13,17,24H,5-7,12H2,1-2H3/t17-/m1/s1. The lowest BCUT2D eigenvalue weighted by molar-refractivity contribution is 0.349. The van der Waals surface area contributed by atoms with Gasteiger partial charge in [0.05, 0.1) is 26.1 Å². The monoisotopic (exact) mass is 398 g/mol. The summed E-state index contributed by atoms with van der Waals surface area (Å²) >= 11 is 6.25. The Morgan fingerprint density at radius 2 is 2.14 bits per heavy atom. The van der Waals surface area contributed by atoms with Gasteiger partial charge < -0.3 is 14.8 Å². The Bertz CT molecular complexity index is 959. The predicted octanol–water partition coefficient (Wildman–Crippen LogP) is 4.11. The molecule has 0 aliphatic heterocycles. The van der Waals surface area contributed by atoms with Crippen LogP contribution in [0, 0.1) is 0 Å². The first-order chi connectivity index (χ1) is 13.7. The average Bonchev–Trinajstić information content (AvgIpc) is 3.17. The van der Waals surface area contributed by atoms with E-state index >= 15 is 0 Å². The summed E-state index contributed by atoms with van der Waals surface area (Å²) in [5.41, 5.74) is 3.42. The number of fused-ring (bicyclic) bond motifs is 1. The fourth-order valence-electron chi connectivity index (χ4n) is 3.82. The highest BCUT2D eigenvalue weighted by Gasteiger charge is 2.25. The third-order valence-electron chi connectivity index (χ3n) is 5.11. The van der Waals surface area contributed by atoms with E-state index < -0.39 is 0 Å². The van der Waals surface area contributed by atoms with Crippen LogP contribution in [0.3, 0.4) is 0 Å². The van der Waals surface area contributed by atoms with Crippen LogP contribution in [0.2, 0.25) is 5.02 Å². The summed E-state index contributed by atoms with van der Waals surface area (Å²) in [5, 5.41) is 8.87. The van der Waals surface area contributed by atoms with Crippen molar-refractivity contribution in [2.45, 2.75) is 31.8 Å². The maximum absolute atomic E-state index is 6.25. The van der Waals surface area contributed by atoms with Crippen LogP contribution in [0.5, 0.6) is 11.5 Å². The summed E-state index contributed by atoms with van der Waals surface area (Å²) in [7, 11) is 3.26. The van der Waals surface area contributed by atoms with Crippen molar-refractivity contribution in [3.8, 4) is 17.3 Å². The minimum atomic E-state index is 0.218. The number of hydrogen-bond donors (Lipinski definition) is 1. The maximum atomic E-state index is 6.25. The molecule has 7 heteroatoms. The molecule has 0 saturated heterocycles. The van der Waals surface area contributed by atoms with Crippen LogP contribution in [0.1, 0.15) is 35.7 Å². The number of rotatable bonds is 6. The Kier molecular flexibility index (Phi) is 5.50. The molecule has 0 spiro atoms. The van der Waals surface area contributed by atoms with E-state index in [1.54, 1.807) is 26.5 Å². The van der Waals surface area contributed by atoms with Crippen molar-refractivity contribution in [3.05, 3.63) is 64.6 Å². The normalized spacial score (nSPS) is 15.9. The molecular formula is C21H23ClN4O2. The second-order valence-corrected chi connectivity index (χ2v) is 7.21. The number of benzene rings is 1. The molecule has 6 nitrogen and oxygen atoms in total. The molecule has 0 unspecified atom stereocenters. The number of nitrogens with zero attached hydrogens (tertiary/aromatic N) is 3. The molecule has 146 valence electrons. The van der Waals surface area contributed by atoms with E-state index in [9.17, 15) is 0 Å². The lowest BCUT2D eigenvalue weighted by Gasteiger charge is -2.25. The molecule has 2 aromatic heterocycles. The summed E-state index contributed by atoms with van der Waals surface area (Å²) in [4.78, 5) is 4.43. The quantitative estimate of drug-likeness (QED) is 0.677. The third kappa shape index (κ3) is 3.57. The zero-order valence-electron chi connectivity index (χ0n) is 16.0. The van der Waals surface area contributed by atoms with Crippen molar-refractivity contribution < 1.29 is 9.47 Å². The highest BCUT2D eigenvalue weighted by molar-refractivity contribution is 6.30. The van der Waals surface area contributed by atoms with Crippen molar-refractivity contribution in [1.29, 1.82) is 0 Å². The molecule has 2 heterocycles. The molecule has 0 amide bonds. The highest BCUT2D eigenvalue weighted by Crippen LogP contribution is 2.36. The number of aromatic nitrogens is 3. The molecule has 1 N–H and O–H groups in total. The van der Waals surface area contributed by atoms with Gasteiger partial charge in [-0.3, -0.25) is 0 Å². The van der Waals surface area contributed by atoms with E-state index in [0.717, 1.165) is 30.6 Å². The molecule has 0 bridgehead atoms. The summed E-state index contributed by atoms with van der Waals surface area (Å²) in [5.74, 6) is 2.20. The van der Waals surface area contributed by atoms with E-state index in [1.165, 1.54) is 11.3 Å². The van der Waals surface area contributed by atoms with Gasteiger partial charge in [-0.25, -0.2) is 9.67 Å². The predicted molar refractivity (Wildman–Crippen MR) is 108 cm³/mol. The van der Waals surface area contributed by atoms with Crippen LogP contribution in [0.15, 0.2) is 42.7 Å². The van der Waals surface area contributed by atoms with E-state index in [2.05, 4.69) is 15.4 Å². The Labute approximate surface area is 169 Å². The summed E-state index contributed by atoms with van der Waals surface area (Å²) in [6, 6.07) is 9.77. The van der Waals surface area contributed by atoms with Gasteiger partial charge in [0.2, 0.25) is 0 Å². The van der Waals surface area contributed by atoms with E-state index in [4.69, 9.17) is 21.1 Å². The molecular weight excluding hydrogens is 376 g/mol. The molecule has 4 rings (SSSR count). The number of halogens is 1. The van der Waals surface area contributed by atoms with Gasteiger partial charge in [0.1, 0.15) is 0 Å². The molecule has 28 heavy (non-hydrogen) atoms. The van der Waals surface area contributed by atoms with Crippen molar-refractivity contribution in [3.63, 3.8) is 0 Å². The Balaban J connectivity index is 1.58. The lowest BCUT2D eigenvalue weighted by atomic mass is 9.92. The maximum Gasteiger partial charge on any atom is 0.165 e. The van der Waals surface area contributed by atoms with Gasteiger partial charge in [-0.05, 0) is 37.5 Å². The minimum Gasteiger partial charge on any atom is -0.493 e. The Hall–Kier alpha value is -2.57. The average molecular weight is 399 g/mol. The second-order valence-electron chi connectivity index (χ2n) is 6.77. The molecule has 0 saturated carbocycles. The molecule has 3 aromatic rings. The van der Waals surface area contributed by atoms with Crippen LogP contribution in [-0.2, 0) is 13.0 Å². The Morgan fingerprint density at radius 3 is 2.89 bits per heavy atom. The molecule has 1 aliphatic rings. The smallest absolute Gasteiger partial charge is 0.165 e. The fraction of sp³-hybridized carbons (Fsp3) is 0.333. The van der Waals surface area contributed by atoms with Crippen molar-refractivity contribution in [1.82, 2.24) is 20.1 Å². The summed E-state index contributed by atoms with van der Waals surface area (Å²) in [6.45, 7) is 0.624. The molecule has 0 radical (unpaired) electrons.